The van der Waals surface area contributed by atoms with Gasteiger partial charge >= 0.3 is 0 Å². The lowest BCUT2D eigenvalue weighted by Gasteiger charge is -2.06. The minimum absolute atomic E-state index is 0.0564. The number of rotatable bonds is 1. The fraction of sp³-hybridized carbons (Fsp3) is 0.0909. The van der Waals surface area contributed by atoms with Crippen molar-refractivity contribution in [3.8, 4) is 17.2 Å². The molecule has 2 N–H and O–H groups in total. The molecule has 0 radical (unpaired) electrons. The minimum atomic E-state index is 0.0564. The van der Waals surface area contributed by atoms with Crippen LogP contribution in [0.25, 0.3) is 10.8 Å². The molecule has 0 aliphatic heterocycles. The lowest BCUT2D eigenvalue weighted by Crippen LogP contribution is -1.84. The fourth-order valence-electron chi connectivity index (χ4n) is 1.44. The van der Waals surface area contributed by atoms with E-state index in [4.69, 9.17) is 4.74 Å². The van der Waals surface area contributed by atoms with E-state index in [0.29, 0.717) is 11.1 Å². The van der Waals surface area contributed by atoms with Gasteiger partial charge in [-0.2, -0.15) is 0 Å². The van der Waals surface area contributed by atoms with Crippen LogP contribution >= 0.6 is 0 Å². The lowest BCUT2D eigenvalue weighted by atomic mass is 10.1. The number of benzene rings is 2. The predicted molar refractivity (Wildman–Crippen MR) is 53.8 cm³/mol. The molecule has 2 rings (SSSR count). The second kappa shape index (κ2) is 3.10. The van der Waals surface area contributed by atoms with E-state index in [0.717, 1.165) is 5.39 Å². The Balaban J connectivity index is 2.79. The van der Waals surface area contributed by atoms with Gasteiger partial charge in [-0.15, -0.1) is 0 Å². The molecule has 3 nitrogen and oxygen atoms in total. The highest BCUT2D eigenvalue weighted by atomic mass is 16.5. The Hall–Kier alpha value is -1.90. The zero-order valence-corrected chi connectivity index (χ0v) is 7.69. The van der Waals surface area contributed by atoms with Gasteiger partial charge in [0.25, 0.3) is 0 Å². The molecule has 3 heteroatoms. The summed E-state index contributed by atoms with van der Waals surface area (Å²) in [7, 11) is 1.49. The number of ether oxygens (including phenoxy) is 1. The van der Waals surface area contributed by atoms with Crippen molar-refractivity contribution in [3.05, 3.63) is 30.3 Å². The van der Waals surface area contributed by atoms with Gasteiger partial charge < -0.3 is 14.9 Å². The molecule has 0 aliphatic rings. The van der Waals surface area contributed by atoms with Crippen molar-refractivity contribution < 1.29 is 14.9 Å². The number of phenols is 2. The van der Waals surface area contributed by atoms with Crippen LogP contribution in [-0.4, -0.2) is 17.3 Å². The fourth-order valence-corrected chi connectivity index (χ4v) is 1.44. The Labute approximate surface area is 81.2 Å². The molecule has 0 aliphatic carbocycles. The maximum atomic E-state index is 9.74. The van der Waals surface area contributed by atoms with Crippen LogP contribution in [0.4, 0.5) is 0 Å². The summed E-state index contributed by atoms with van der Waals surface area (Å²) < 4.78 is 4.96. The van der Waals surface area contributed by atoms with Crippen LogP contribution in [0.5, 0.6) is 17.2 Å². The minimum Gasteiger partial charge on any atom is -0.508 e. The monoisotopic (exact) mass is 190 g/mol. The van der Waals surface area contributed by atoms with Crippen LogP contribution in [-0.2, 0) is 0 Å². The molecular weight excluding hydrogens is 180 g/mol. The molecular formula is C11H10O3. The number of fused-ring (bicyclic) bond motifs is 1. The average molecular weight is 190 g/mol. The second-order valence-electron chi connectivity index (χ2n) is 3.02. The van der Waals surface area contributed by atoms with Gasteiger partial charge in [-0.05, 0) is 23.6 Å². The molecule has 2 aromatic rings. The summed E-state index contributed by atoms with van der Waals surface area (Å²) in [5.41, 5.74) is 0. The molecule has 0 aromatic heterocycles. The van der Waals surface area contributed by atoms with Gasteiger partial charge in [-0.1, -0.05) is 12.1 Å². The molecule has 0 unspecified atom stereocenters. The SMILES string of the molecule is COc1ccc2ccc(O)cc2c1O. The van der Waals surface area contributed by atoms with Crippen LogP contribution in [0.1, 0.15) is 0 Å². The first kappa shape index (κ1) is 8.69. The summed E-state index contributed by atoms with van der Waals surface area (Å²) in [6.45, 7) is 0. The molecule has 0 amide bonds. The molecule has 0 saturated heterocycles. The number of aromatic hydroxyl groups is 2. The van der Waals surface area contributed by atoms with Gasteiger partial charge in [-0.25, -0.2) is 0 Å². The van der Waals surface area contributed by atoms with Crippen molar-refractivity contribution in [1.82, 2.24) is 0 Å². The summed E-state index contributed by atoms with van der Waals surface area (Å²) >= 11 is 0. The van der Waals surface area contributed by atoms with E-state index in [2.05, 4.69) is 0 Å². The largest absolute Gasteiger partial charge is 0.508 e. The lowest BCUT2D eigenvalue weighted by molar-refractivity contribution is 0.376. The molecule has 14 heavy (non-hydrogen) atoms. The normalized spacial score (nSPS) is 10.4. The molecule has 0 atom stereocenters. The Morgan fingerprint density at radius 1 is 1.07 bits per heavy atom. The molecule has 0 bridgehead atoms. The maximum Gasteiger partial charge on any atom is 0.165 e. The third kappa shape index (κ3) is 1.23. The Morgan fingerprint density at radius 3 is 2.50 bits per heavy atom. The highest BCUT2D eigenvalue weighted by molar-refractivity contribution is 5.91. The molecule has 0 saturated carbocycles. The maximum absolute atomic E-state index is 9.74. The van der Waals surface area contributed by atoms with E-state index in [1.165, 1.54) is 13.2 Å². The Bertz CT molecular complexity index is 477. The summed E-state index contributed by atoms with van der Waals surface area (Å²) in [4.78, 5) is 0. The van der Waals surface area contributed by atoms with E-state index in [-0.39, 0.29) is 11.5 Å². The van der Waals surface area contributed by atoms with E-state index in [9.17, 15) is 10.2 Å². The Kier molecular flexibility index (Phi) is 1.93. The van der Waals surface area contributed by atoms with Crippen LogP contribution in [0, 0.1) is 0 Å². The molecule has 0 spiro atoms. The van der Waals surface area contributed by atoms with Gasteiger partial charge in [0.2, 0.25) is 0 Å². The molecule has 2 aromatic carbocycles. The zero-order valence-electron chi connectivity index (χ0n) is 7.69. The summed E-state index contributed by atoms with van der Waals surface area (Å²) in [6.07, 6.45) is 0. The van der Waals surface area contributed by atoms with Crippen LogP contribution < -0.4 is 4.74 Å². The smallest absolute Gasteiger partial charge is 0.165 e. The summed E-state index contributed by atoms with van der Waals surface area (Å²) in [6, 6.07) is 8.34. The van der Waals surface area contributed by atoms with Crippen molar-refractivity contribution in [1.29, 1.82) is 0 Å². The Morgan fingerprint density at radius 2 is 1.79 bits per heavy atom. The van der Waals surface area contributed by atoms with E-state index in [1.54, 1.807) is 18.2 Å². The number of methoxy groups -OCH3 is 1. The van der Waals surface area contributed by atoms with Crippen molar-refractivity contribution in [2.75, 3.05) is 7.11 Å². The molecule has 0 heterocycles. The first-order valence-electron chi connectivity index (χ1n) is 4.21. The van der Waals surface area contributed by atoms with Gasteiger partial charge in [0.1, 0.15) is 5.75 Å². The second-order valence-corrected chi connectivity index (χ2v) is 3.02. The highest BCUT2D eigenvalue weighted by Crippen LogP contribution is 2.35. The van der Waals surface area contributed by atoms with Gasteiger partial charge in [-0.3, -0.25) is 0 Å². The number of hydrogen-bond donors (Lipinski definition) is 2. The predicted octanol–water partition coefficient (Wildman–Crippen LogP) is 2.26. The van der Waals surface area contributed by atoms with E-state index < -0.39 is 0 Å². The summed E-state index contributed by atoms with van der Waals surface area (Å²) in [5, 5.41) is 20.5. The summed E-state index contributed by atoms with van der Waals surface area (Å²) in [5.74, 6) is 0.588. The third-order valence-electron chi connectivity index (χ3n) is 2.16. The van der Waals surface area contributed by atoms with Crippen LogP contribution in [0.2, 0.25) is 0 Å². The van der Waals surface area contributed by atoms with Crippen molar-refractivity contribution in [3.63, 3.8) is 0 Å². The van der Waals surface area contributed by atoms with Crippen molar-refractivity contribution >= 4 is 10.8 Å². The van der Waals surface area contributed by atoms with Crippen LogP contribution in [0.15, 0.2) is 30.3 Å². The molecule has 72 valence electrons. The zero-order chi connectivity index (χ0) is 10.1. The van der Waals surface area contributed by atoms with E-state index in [1.807, 2.05) is 6.07 Å². The van der Waals surface area contributed by atoms with Crippen molar-refractivity contribution in [2.24, 2.45) is 0 Å². The van der Waals surface area contributed by atoms with Gasteiger partial charge in [0.15, 0.2) is 11.5 Å². The first-order chi connectivity index (χ1) is 6.72. The standard InChI is InChI=1S/C11H10O3/c1-14-10-5-3-7-2-4-8(12)6-9(7)11(10)13/h2-6,12-13H,1H3. The topological polar surface area (TPSA) is 49.7 Å². The van der Waals surface area contributed by atoms with Gasteiger partial charge in [0, 0.05) is 5.39 Å². The van der Waals surface area contributed by atoms with Crippen molar-refractivity contribution in [2.45, 2.75) is 0 Å². The number of hydrogen-bond acceptors (Lipinski definition) is 3. The third-order valence-corrected chi connectivity index (χ3v) is 2.16. The van der Waals surface area contributed by atoms with Crippen LogP contribution in [0.3, 0.4) is 0 Å². The quantitative estimate of drug-likeness (QED) is 0.725. The van der Waals surface area contributed by atoms with Gasteiger partial charge in [0.05, 0.1) is 7.11 Å². The number of phenolic OH excluding ortho intramolecular Hbond substituents is 2. The molecule has 0 fully saturated rings. The highest BCUT2D eigenvalue weighted by Gasteiger charge is 2.06. The average Bonchev–Trinajstić information content (AvgIpc) is 2.20. The van der Waals surface area contributed by atoms with E-state index >= 15 is 0 Å². The first-order valence-corrected chi connectivity index (χ1v) is 4.21.